The quantitative estimate of drug-likeness (QED) is 0.818. The van der Waals surface area contributed by atoms with Gasteiger partial charge >= 0.3 is 12.1 Å². The van der Waals surface area contributed by atoms with Gasteiger partial charge in [-0.05, 0) is 17.9 Å². The van der Waals surface area contributed by atoms with Gasteiger partial charge in [0.2, 0.25) is 0 Å². The molecule has 0 radical (unpaired) electrons. The molecule has 1 aromatic carbocycles. The van der Waals surface area contributed by atoms with Crippen LogP contribution in [0, 0.1) is 0 Å². The molecule has 6 heteroatoms. The Morgan fingerprint density at radius 2 is 1.90 bits per heavy atom. The molecule has 1 aromatic rings. The lowest BCUT2D eigenvalue weighted by atomic mass is 9.94. The van der Waals surface area contributed by atoms with E-state index in [2.05, 4.69) is 10.1 Å². The summed E-state index contributed by atoms with van der Waals surface area (Å²) in [6.07, 6.45) is -4.12. The smallest absolute Gasteiger partial charge is 0.401 e. The molecule has 0 spiro atoms. The minimum Gasteiger partial charge on any atom is -0.468 e. The summed E-state index contributed by atoms with van der Waals surface area (Å²) >= 11 is 0. The fraction of sp³-hybridized carbons (Fsp3) is 0.500. The fourth-order valence-electron chi connectivity index (χ4n) is 1.92. The van der Waals surface area contributed by atoms with E-state index in [0.29, 0.717) is 0 Å². The summed E-state index contributed by atoms with van der Waals surface area (Å²) < 4.78 is 41.2. The summed E-state index contributed by atoms with van der Waals surface area (Å²) in [4.78, 5) is 11.5. The number of hydrogen-bond donors (Lipinski definition) is 1. The van der Waals surface area contributed by atoms with Gasteiger partial charge in [0, 0.05) is 0 Å². The molecule has 0 fully saturated rings. The summed E-state index contributed by atoms with van der Waals surface area (Å²) in [6.45, 7) is 0.648. The number of halogens is 3. The molecule has 3 nitrogen and oxygen atoms in total. The van der Waals surface area contributed by atoms with Gasteiger partial charge in [0.15, 0.2) is 0 Å². The monoisotopic (exact) mass is 289 g/mol. The van der Waals surface area contributed by atoms with Crippen LogP contribution in [0.4, 0.5) is 13.2 Å². The molecule has 112 valence electrons. The normalized spacial score (nSPS) is 14.7. The van der Waals surface area contributed by atoms with Gasteiger partial charge in [-0.15, -0.1) is 0 Å². The van der Waals surface area contributed by atoms with Crippen LogP contribution in [0.15, 0.2) is 30.3 Å². The van der Waals surface area contributed by atoms with Gasteiger partial charge in [-0.1, -0.05) is 37.3 Å². The van der Waals surface area contributed by atoms with Gasteiger partial charge in [-0.25, -0.2) is 0 Å². The maximum Gasteiger partial charge on any atom is 0.401 e. The minimum absolute atomic E-state index is 0.0546. The SMILES string of the molecule is COC(=O)C(CC(C)c1ccccc1)NCC(F)(F)F. The van der Waals surface area contributed by atoms with E-state index >= 15 is 0 Å². The van der Waals surface area contributed by atoms with Crippen LogP contribution >= 0.6 is 0 Å². The first-order valence-corrected chi connectivity index (χ1v) is 6.26. The zero-order valence-electron chi connectivity index (χ0n) is 11.4. The number of carbonyl (C=O) groups excluding carboxylic acids is 1. The zero-order chi connectivity index (χ0) is 15.2. The second kappa shape index (κ2) is 7.28. The molecule has 0 heterocycles. The third-order valence-electron chi connectivity index (χ3n) is 2.99. The molecule has 0 saturated carbocycles. The van der Waals surface area contributed by atoms with Crippen molar-refractivity contribution < 1.29 is 22.7 Å². The van der Waals surface area contributed by atoms with E-state index in [1.165, 1.54) is 0 Å². The van der Waals surface area contributed by atoms with Gasteiger partial charge in [-0.2, -0.15) is 13.2 Å². The third-order valence-corrected chi connectivity index (χ3v) is 2.99. The minimum atomic E-state index is -4.36. The number of methoxy groups -OCH3 is 1. The molecular formula is C14H18F3NO2. The molecule has 0 amide bonds. The third kappa shape index (κ3) is 5.61. The summed E-state index contributed by atoms with van der Waals surface area (Å²) in [5, 5.41) is 2.21. The van der Waals surface area contributed by atoms with Crippen LogP contribution in [0.2, 0.25) is 0 Å². The second-order valence-corrected chi connectivity index (χ2v) is 4.62. The Morgan fingerprint density at radius 1 is 1.30 bits per heavy atom. The highest BCUT2D eigenvalue weighted by Gasteiger charge is 2.31. The van der Waals surface area contributed by atoms with Crippen molar-refractivity contribution in [1.29, 1.82) is 0 Å². The largest absolute Gasteiger partial charge is 0.468 e. The molecule has 0 aromatic heterocycles. The lowest BCUT2D eigenvalue weighted by Crippen LogP contribution is -2.43. The van der Waals surface area contributed by atoms with Crippen molar-refractivity contribution >= 4 is 5.97 Å². The van der Waals surface area contributed by atoms with E-state index in [1.807, 2.05) is 37.3 Å². The van der Waals surface area contributed by atoms with Crippen LogP contribution in [0.1, 0.15) is 24.8 Å². The molecule has 0 aliphatic rings. The van der Waals surface area contributed by atoms with Crippen molar-refractivity contribution in [3.8, 4) is 0 Å². The first kappa shape index (κ1) is 16.5. The number of alkyl halides is 3. The molecule has 20 heavy (non-hydrogen) atoms. The molecule has 0 aliphatic carbocycles. The number of hydrogen-bond acceptors (Lipinski definition) is 3. The molecular weight excluding hydrogens is 271 g/mol. The Bertz CT molecular complexity index is 420. The number of nitrogens with one attached hydrogen (secondary N) is 1. The summed E-state index contributed by atoms with van der Waals surface area (Å²) in [7, 11) is 1.16. The van der Waals surface area contributed by atoms with Crippen LogP contribution in [-0.2, 0) is 9.53 Å². The average Bonchev–Trinajstić information content (AvgIpc) is 2.42. The summed E-state index contributed by atoms with van der Waals surface area (Å²) in [5.41, 5.74) is 0.968. The van der Waals surface area contributed by atoms with Crippen molar-refractivity contribution in [2.45, 2.75) is 31.5 Å². The van der Waals surface area contributed by atoms with Crippen LogP contribution in [0.5, 0.6) is 0 Å². The van der Waals surface area contributed by atoms with Crippen molar-refractivity contribution in [2.24, 2.45) is 0 Å². The Balaban J connectivity index is 2.67. The molecule has 2 atom stereocenters. The summed E-state index contributed by atoms with van der Waals surface area (Å²) in [5.74, 6) is -0.738. The molecule has 1 N–H and O–H groups in total. The van der Waals surface area contributed by atoms with Crippen LogP contribution < -0.4 is 5.32 Å². The Morgan fingerprint density at radius 3 is 2.40 bits per heavy atom. The first-order chi connectivity index (χ1) is 9.33. The van der Waals surface area contributed by atoms with Gasteiger partial charge < -0.3 is 4.74 Å². The fourth-order valence-corrected chi connectivity index (χ4v) is 1.92. The maximum absolute atomic E-state index is 12.2. The highest BCUT2D eigenvalue weighted by Crippen LogP contribution is 2.21. The van der Waals surface area contributed by atoms with E-state index in [0.717, 1.165) is 12.7 Å². The average molecular weight is 289 g/mol. The molecule has 0 saturated heterocycles. The lowest BCUT2D eigenvalue weighted by Gasteiger charge is -2.21. The Hall–Kier alpha value is -1.56. The van der Waals surface area contributed by atoms with Crippen LogP contribution in [0.25, 0.3) is 0 Å². The van der Waals surface area contributed by atoms with Crippen molar-refractivity contribution in [3.05, 3.63) is 35.9 Å². The van der Waals surface area contributed by atoms with Gasteiger partial charge in [0.1, 0.15) is 6.04 Å². The number of ether oxygens (including phenoxy) is 1. The predicted molar refractivity (Wildman–Crippen MR) is 69.3 cm³/mol. The van der Waals surface area contributed by atoms with Crippen LogP contribution in [0.3, 0.4) is 0 Å². The standard InChI is InChI=1S/C14H18F3NO2/c1-10(11-6-4-3-5-7-11)8-12(13(19)20-2)18-9-14(15,16)17/h3-7,10,12,18H,8-9H2,1-2H3. The van der Waals surface area contributed by atoms with Gasteiger partial charge in [0.25, 0.3) is 0 Å². The zero-order valence-corrected chi connectivity index (χ0v) is 11.4. The number of rotatable bonds is 6. The van der Waals surface area contributed by atoms with Crippen molar-refractivity contribution in [3.63, 3.8) is 0 Å². The molecule has 0 aliphatic heterocycles. The highest BCUT2D eigenvalue weighted by atomic mass is 19.4. The van der Waals surface area contributed by atoms with E-state index in [-0.39, 0.29) is 12.3 Å². The van der Waals surface area contributed by atoms with E-state index in [4.69, 9.17) is 0 Å². The molecule has 0 bridgehead atoms. The van der Waals surface area contributed by atoms with Crippen LogP contribution in [-0.4, -0.2) is 31.8 Å². The number of esters is 1. The second-order valence-electron chi connectivity index (χ2n) is 4.62. The Kier molecular flexibility index (Phi) is 6.01. The highest BCUT2D eigenvalue weighted by molar-refractivity contribution is 5.75. The first-order valence-electron chi connectivity index (χ1n) is 6.26. The van der Waals surface area contributed by atoms with Crippen molar-refractivity contribution in [2.75, 3.05) is 13.7 Å². The predicted octanol–water partition coefficient (Wildman–Crippen LogP) is 2.87. The number of carbonyl (C=O) groups is 1. The maximum atomic E-state index is 12.2. The van der Waals surface area contributed by atoms with E-state index < -0.39 is 24.7 Å². The van der Waals surface area contributed by atoms with Gasteiger partial charge in [0.05, 0.1) is 13.7 Å². The lowest BCUT2D eigenvalue weighted by molar-refractivity contribution is -0.146. The topological polar surface area (TPSA) is 38.3 Å². The van der Waals surface area contributed by atoms with E-state index in [9.17, 15) is 18.0 Å². The molecule has 2 unspecified atom stereocenters. The van der Waals surface area contributed by atoms with E-state index in [1.54, 1.807) is 0 Å². The molecule has 1 rings (SSSR count). The summed E-state index contributed by atoms with van der Waals surface area (Å²) in [6, 6.07) is 8.34. The number of benzene rings is 1. The van der Waals surface area contributed by atoms with Gasteiger partial charge in [-0.3, -0.25) is 10.1 Å². The Labute approximate surface area is 116 Å². The van der Waals surface area contributed by atoms with Crippen molar-refractivity contribution in [1.82, 2.24) is 5.32 Å².